The summed E-state index contributed by atoms with van der Waals surface area (Å²) in [6.45, 7) is 4.72. The summed E-state index contributed by atoms with van der Waals surface area (Å²) >= 11 is 6.38. The Labute approximate surface area is 209 Å². The van der Waals surface area contributed by atoms with Crippen molar-refractivity contribution in [3.8, 4) is 5.75 Å². The van der Waals surface area contributed by atoms with Crippen LogP contribution in [0, 0.1) is 0 Å². The number of halogens is 1. The summed E-state index contributed by atoms with van der Waals surface area (Å²) < 4.78 is 5.75. The maximum Gasteiger partial charge on any atom is 0.254 e. The first kappa shape index (κ1) is 23.3. The number of piperazine rings is 1. The van der Waals surface area contributed by atoms with E-state index in [2.05, 4.69) is 9.88 Å². The molecular weight excluding hydrogens is 464 g/mol. The van der Waals surface area contributed by atoms with E-state index in [0.717, 1.165) is 24.3 Å². The normalized spacial score (nSPS) is 16.6. The van der Waals surface area contributed by atoms with Crippen molar-refractivity contribution in [1.29, 1.82) is 0 Å². The molecule has 3 aromatic rings. The molecule has 0 radical (unpaired) electrons. The van der Waals surface area contributed by atoms with Crippen molar-refractivity contribution in [3.63, 3.8) is 0 Å². The van der Waals surface area contributed by atoms with Crippen LogP contribution in [-0.4, -0.2) is 76.8 Å². The van der Waals surface area contributed by atoms with Crippen LogP contribution in [0.3, 0.4) is 0 Å². The van der Waals surface area contributed by atoms with Gasteiger partial charge < -0.3 is 14.5 Å². The first-order valence-corrected chi connectivity index (χ1v) is 12.2. The van der Waals surface area contributed by atoms with Crippen LogP contribution in [0.2, 0.25) is 5.02 Å². The van der Waals surface area contributed by atoms with Gasteiger partial charge in [0.25, 0.3) is 11.8 Å². The van der Waals surface area contributed by atoms with E-state index in [1.807, 2.05) is 58.3 Å². The molecule has 5 rings (SSSR count). The highest BCUT2D eigenvalue weighted by atomic mass is 35.5. The Hall–Kier alpha value is -3.42. The molecule has 2 aliphatic rings. The van der Waals surface area contributed by atoms with Crippen molar-refractivity contribution in [1.82, 2.24) is 19.7 Å². The smallest absolute Gasteiger partial charge is 0.254 e. The number of pyridine rings is 1. The maximum atomic E-state index is 12.9. The molecular formula is C27H27ClN4O3. The number of nitrogens with zero attached hydrogens (tertiary/aromatic N) is 4. The van der Waals surface area contributed by atoms with E-state index in [0.29, 0.717) is 55.2 Å². The molecule has 8 heteroatoms. The summed E-state index contributed by atoms with van der Waals surface area (Å²) in [6.07, 6.45) is 1.71. The second kappa shape index (κ2) is 10.5. The fourth-order valence-corrected chi connectivity index (χ4v) is 4.71. The van der Waals surface area contributed by atoms with Gasteiger partial charge in [-0.3, -0.25) is 19.5 Å². The predicted molar refractivity (Wildman–Crippen MR) is 134 cm³/mol. The number of rotatable bonds is 6. The number of likely N-dealkylation sites (tertiary alicyclic amines) is 1. The molecule has 0 aliphatic carbocycles. The van der Waals surface area contributed by atoms with Crippen LogP contribution in [0.4, 0.5) is 0 Å². The van der Waals surface area contributed by atoms with Gasteiger partial charge in [-0.05, 0) is 42.5 Å². The van der Waals surface area contributed by atoms with Gasteiger partial charge in [0.05, 0.1) is 10.7 Å². The molecule has 0 atom stereocenters. The number of aromatic nitrogens is 1. The van der Waals surface area contributed by atoms with Crippen LogP contribution in [0.25, 0.3) is 0 Å². The molecule has 2 amide bonds. The Balaban J connectivity index is 1.09. The molecule has 3 heterocycles. The number of carbonyl (C=O) groups excluding carboxylic acids is 2. The zero-order chi connectivity index (χ0) is 24.2. The highest BCUT2D eigenvalue weighted by molar-refractivity contribution is 6.32. The zero-order valence-electron chi connectivity index (χ0n) is 19.3. The van der Waals surface area contributed by atoms with Gasteiger partial charge in [-0.2, -0.15) is 0 Å². The average Bonchev–Trinajstić information content (AvgIpc) is 2.88. The Morgan fingerprint density at radius 3 is 2.26 bits per heavy atom. The predicted octanol–water partition coefficient (Wildman–Crippen LogP) is 3.60. The Bertz CT molecular complexity index is 1180. The van der Waals surface area contributed by atoms with Crippen LogP contribution >= 0.6 is 11.6 Å². The second-order valence-electron chi connectivity index (χ2n) is 8.81. The van der Waals surface area contributed by atoms with Crippen LogP contribution in [-0.2, 0) is 6.61 Å². The molecule has 2 saturated heterocycles. The van der Waals surface area contributed by atoms with Gasteiger partial charge >= 0.3 is 0 Å². The molecule has 2 aromatic carbocycles. The third-order valence-electron chi connectivity index (χ3n) is 6.57. The largest absolute Gasteiger partial charge is 0.486 e. The maximum absolute atomic E-state index is 12.9. The van der Waals surface area contributed by atoms with E-state index in [1.54, 1.807) is 24.4 Å². The lowest BCUT2D eigenvalue weighted by Crippen LogP contribution is -2.64. The van der Waals surface area contributed by atoms with E-state index in [9.17, 15) is 9.59 Å². The van der Waals surface area contributed by atoms with E-state index >= 15 is 0 Å². The summed E-state index contributed by atoms with van der Waals surface area (Å²) in [5.41, 5.74) is 2.09. The van der Waals surface area contributed by atoms with Crippen LogP contribution < -0.4 is 4.74 Å². The number of amides is 2. The van der Waals surface area contributed by atoms with Crippen LogP contribution in [0.15, 0.2) is 72.9 Å². The molecule has 0 unspecified atom stereocenters. The Morgan fingerprint density at radius 1 is 0.857 bits per heavy atom. The standard InChI is InChI=1S/C27H27ClN4O3/c28-24-16-21(9-10-25(24)35-19-22-8-4-5-11-29-22)27(34)32-17-23(18-32)30-12-14-31(15-13-30)26(33)20-6-2-1-3-7-20/h1-11,16,23H,12-15,17-19H2. The number of ether oxygens (including phenoxy) is 1. The molecule has 0 spiro atoms. The van der Waals surface area contributed by atoms with Gasteiger partial charge in [0.2, 0.25) is 0 Å². The summed E-state index contributed by atoms with van der Waals surface area (Å²) in [6, 6.07) is 20.5. The van der Waals surface area contributed by atoms with Gasteiger partial charge in [0, 0.05) is 62.6 Å². The van der Waals surface area contributed by atoms with Crippen molar-refractivity contribution in [2.75, 3.05) is 39.3 Å². The topological polar surface area (TPSA) is 66.0 Å². The highest BCUT2D eigenvalue weighted by Gasteiger charge is 2.37. The summed E-state index contributed by atoms with van der Waals surface area (Å²) in [4.78, 5) is 36.0. The molecule has 2 aliphatic heterocycles. The lowest BCUT2D eigenvalue weighted by atomic mass is 10.0. The van der Waals surface area contributed by atoms with Crippen LogP contribution in [0.5, 0.6) is 5.75 Å². The summed E-state index contributed by atoms with van der Waals surface area (Å²) in [7, 11) is 0. The molecule has 2 fully saturated rings. The van der Waals surface area contributed by atoms with Gasteiger partial charge in [-0.1, -0.05) is 35.9 Å². The van der Waals surface area contributed by atoms with Crippen molar-refractivity contribution >= 4 is 23.4 Å². The number of benzene rings is 2. The first-order valence-electron chi connectivity index (χ1n) is 11.8. The minimum Gasteiger partial charge on any atom is -0.486 e. The van der Waals surface area contributed by atoms with Gasteiger partial charge in [0.1, 0.15) is 12.4 Å². The zero-order valence-corrected chi connectivity index (χ0v) is 20.1. The SMILES string of the molecule is O=C(c1ccccc1)N1CCN(C2CN(C(=O)c3ccc(OCc4ccccn4)c(Cl)c3)C2)CC1. The quantitative estimate of drug-likeness (QED) is 0.528. The van der Waals surface area contributed by atoms with Crippen molar-refractivity contribution in [3.05, 3.63) is 94.8 Å². The van der Waals surface area contributed by atoms with Gasteiger partial charge in [-0.25, -0.2) is 0 Å². The third kappa shape index (κ3) is 5.31. The highest BCUT2D eigenvalue weighted by Crippen LogP contribution is 2.28. The minimum absolute atomic E-state index is 0.0303. The van der Waals surface area contributed by atoms with Gasteiger partial charge in [0.15, 0.2) is 0 Å². The summed E-state index contributed by atoms with van der Waals surface area (Å²) in [5.74, 6) is 0.579. The molecule has 0 bridgehead atoms. The first-order chi connectivity index (χ1) is 17.1. The number of carbonyl (C=O) groups is 2. The fourth-order valence-electron chi connectivity index (χ4n) is 4.47. The van der Waals surface area contributed by atoms with Crippen LogP contribution in [0.1, 0.15) is 26.4 Å². The van der Waals surface area contributed by atoms with Crippen molar-refractivity contribution in [2.45, 2.75) is 12.6 Å². The molecule has 180 valence electrons. The molecule has 1 aromatic heterocycles. The average molecular weight is 491 g/mol. The molecule has 35 heavy (non-hydrogen) atoms. The third-order valence-corrected chi connectivity index (χ3v) is 6.86. The minimum atomic E-state index is -0.0303. The Kier molecular flexibility index (Phi) is 6.97. The second-order valence-corrected chi connectivity index (χ2v) is 9.22. The monoisotopic (exact) mass is 490 g/mol. The fraction of sp³-hybridized carbons (Fsp3) is 0.296. The molecule has 0 N–H and O–H groups in total. The molecule has 7 nitrogen and oxygen atoms in total. The van der Waals surface area contributed by atoms with E-state index in [1.165, 1.54) is 0 Å². The lowest BCUT2D eigenvalue weighted by molar-refractivity contribution is 0.00853. The summed E-state index contributed by atoms with van der Waals surface area (Å²) in [5, 5.41) is 0.406. The number of hydrogen-bond donors (Lipinski definition) is 0. The van der Waals surface area contributed by atoms with Crippen molar-refractivity contribution in [2.24, 2.45) is 0 Å². The lowest BCUT2D eigenvalue weighted by Gasteiger charge is -2.48. The van der Waals surface area contributed by atoms with E-state index in [-0.39, 0.29) is 11.8 Å². The van der Waals surface area contributed by atoms with E-state index in [4.69, 9.17) is 16.3 Å². The van der Waals surface area contributed by atoms with E-state index < -0.39 is 0 Å². The van der Waals surface area contributed by atoms with Crippen molar-refractivity contribution < 1.29 is 14.3 Å². The number of hydrogen-bond acceptors (Lipinski definition) is 5. The Morgan fingerprint density at radius 2 is 1.57 bits per heavy atom. The molecule has 0 saturated carbocycles. The van der Waals surface area contributed by atoms with Gasteiger partial charge in [-0.15, -0.1) is 0 Å².